The van der Waals surface area contributed by atoms with Crippen molar-refractivity contribution in [2.45, 2.75) is 63.1 Å². The van der Waals surface area contributed by atoms with Crippen molar-refractivity contribution in [3.63, 3.8) is 0 Å². The summed E-state index contributed by atoms with van der Waals surface area (Å²) in [6.07, 6.45) is 2.59. The van der Waals surface area contributed by atoms with E-state index in [1.807, 2.05) is 0 Å². The number of primary amides is 1. The first-order chi connectivity index (χ1) is 12.7. The molecular weight excluding hydrogens is 358 g/mol. The van der Waals surface area contributed by atoms with Crippen molar-refractivity contribution >= 4 is 30.0 Å². The Morgan fingerprint density at radius 3 is 2.15 bits per heavy atom. The molecule has 0 saturated carbocycles. The van der Waals surface area contributed by atoms with Gasteiger partial charge >= 0.3 is 5.97 Å². The lowest BCUT2D eigenvalue weighted by molar-refractivity contribution is -0.138. The average Bonchev–Trinajstić information content (AvgIpc) is 2.61. The van der Waals surface area contributed by atoms with Gasteiger partial charge in [-0.25, -0.2) is 0 Å². The highest BCUT2D eigenvalue weighted by molar-refractivity contribution is 5.91. The van der Waals surface area contributed by atoms with Gasteiger partial charge in [-0.3, -0.25) is 24.0 Å². The van der Waals surface area contributed by atoms with Gasteiger partial charge in [-0.1, -0.05) is 0 Å². The minimum Gasteiger partial charge on any atom is -0.481 e. The van der Waals surface area contributed by atoms with Crippen LogP contribution in [0.4, 0.5) is 0 Å². The molecule has 0 fully saturated rings. The molecule has 0 bridgehead atoms. The summed E-state index contributed by atoms with van der Waals surface area (Å²) < 4.78 is 0. The summed E-state index contributed by atoms with van der Waals surface area (Å²) in [6, 6.07) is -3.17. The normalized spacial score (nSPS) is 13.9. The van der Waals surface area contributed by atoms with E-state index in [1.165, 1.54) is 0 Å². The lowest BCUT2D eigenvalue weighted by atomic mass is 10.1. The van der Waals surface area contributed by atoms with Gasteiger partial charge in [0, 0.05) is 12.8 Å². The quantitative estimate of drug-likeness (QED) is 0.167. The molecule has 0 aliphatic carbocycles. The van der Waals surface area contributed by atoms with Gasteiger partial charge < -0.3 is 32.9 Å². The van der Waals surface area contributed by atoms with E-state index in [0.29, 0.717) is 25.8 Å². The molecule has 0 aromatic rings. The van der Waals surface area contributed by atoms with E-state index in [4.69, 9.17) is 22.3 Å². The second kappa shape index (κ2) is 13.6. The van der Waals surface area contributed by atoms with Crippen LogP contribution in [0.15, 0.2) is 0 Å². The van der Waals surface area contributed by atoms with Gasteiger partial charge in [0.25, 0.3) is 0 Å². The molecule has 153 valence electrons. The molecular formula is C16H28N5O6. The van der Waals surface area contributed by atoms with Gasteiger partial charge in [0.1, 0.15) is 6.04 Å². The Balaban J connectivity index is 4.86. The van der Waals surface area contributed by atoms with Gasteiger partial charge in [-0.2, -0.15) is 0 Å². The number of carbonyl (C=O) groups is 4. The highest BCUT2D eigenvalue weighted by atomic mass is 16.4. The molecule has 0 aromatic carbocycles. The van der Waals surface area contributed by atoms with Crippen molar-refractivity contribution in [2.75, 3.05) is 6.54 Å². The molecule has 9 N–H and O–H groups in total. The monoisotopic (exact) mass is 386 g/mol. The van der Waals surface area contributed by atoms with Crippen LogP contribution in [0.25, 0.3) is 0 Å². The van der Waals surface area contributed by atoms with Crippen molar-refractivity contribution in [2.24, 2.45) is 17.2 Å². The largest absolute Gasteiger partial charge is 0.481 e. The van der Waals surface area contributed by atoms with E-state index in [0.717, 1.165) is 0 Å². The molecule has 11 nitrogen and oxygen atoms in total. The molecule has 27 heavy (non-hydrogen) atoms. The molecule has 0 spiro atoms. The molecule has 3 amide bonds. The van der Waals surface area contributed by atoms with Crippen LogP contribution in [0.3, 0.4) is 0 Å². The maximum Gasteiger partial charge on any atom is 0.303 e. The number of nitrogens with two attached hydrogens (primary N) is 3. The summed E-state index contributed by atoms with van der Waals surface area (Å²) in [6.45, 7) is 0.444. The Morgan fingerprint density at radius 2 is 1.63 bits per heavy atom. The fourth-order valence-corrected chi connectivity index (χ4v) is 2.17. The molecule has 0 unspecified atom stereocenters. The number of carbonyl (C=O) groups excluding carboxylic acids is 4. The van der Waals surface area contributed by atoms with Gasteiger partial charge in [0.15, 0.2) is 0 Å². The van der Waals surface area contributed by atoms with Crippen LogP contribution in [0.2, 0.25) is 0 Å². The van der Waals surface area contributed by atoms with Crippen molar-refractivity contribution in [1.82, 2.24) is 10.6 Å². The molecule has 3 atom stereocenters. The summed E-state index contributed by atoms with van der Waals surface area (Å²) in [5, 5.41) is 13.6. The lowest BCUT2D eigenvalue weighted by Gasteiger charge is -2.22. The van der Waals surface area contributed by atoms with Gasteiger partial charge in [0.2, 0.25) is 24.0 Å². The predicted molar refractivity (Wildman–Crippen MR) is 95.7 cm³/mol. The fraction of sp³-hybridized carbons (Fsp3) is 0.688. The molecule has 0 aliphatic heterocycles. The second-order valence-electron chi connectivity index (χ2n) is 6.07. The fourth-order valence-electron chi connectivity index (χ4n) is 2.17. The van der Waals surface area contributed by atoms with E-state index in [-0.39, 0.29) is 25.7 Å². The second-order valence-corrected chi connectivity index (χ2v) is 6.07. The number of amides is 3. The number of carboxylic acids is 1. The first kappa shape index (κ1) is 24.5. The number of hydrogen-bond acceptors (Lipinski definition) is 7. The van der Waals surface area contributed by atoms with Gasteiger partial charge in [0.05, 0.1) is 12.1 Å². The number of unbranched alkanes of at least 4 members (excludes halogenated alkanes) is 1. The van der Waals surface area contributed by atoms with E-state index < -0.39 is 41.8 Å². The smallest absolute Gasteiger partial charge is 0.303 e. The SMILES string of the molecule is NCCCC[C@@H]([C]=O)NC(=O)[C@H](CCC(=O)O)NC(=O)[C@@H](N)CCC(N)=O. The molecule has 0 heterocycles. The molecule has 0 rings (SSSR count). The van der Waals surface area contributed by atoms with Gasteiger partial charge in [-0.15, -0.1) is 0 Å². The third kappa shape index (κ3) is 11.7. The van der Waals surface area contributed by atoms with Gasteiger partial charge in [-0.05, 0) is 38.6 Å². The number of aliphatic carboxylic acids is 1. The lowest BCUT2D eigenvalue weighted by Crippen LogP contribution is -2.53. The summed E-state index contributed by atoms with van der Waals surface area (Å²) >= 11 is 0. The number of nitrogens with one attached hydrogen (secondary N) is 2. The van der Waals surface area contributed by atoms with Crippen LogP contribution in [-0.2, 0) is 24.0 Å². The number of hydrogen-bond donors (Lipinski definition) is 6. The topological polar surface area (TPSA) is 208 Å². The third-order valence-electron chi connectivity index (χ3n) is 3.72. The van der Waals surface area contributed by atoms with E-state index in [1.54, 1.807) is 6.29 Å². The van der Waals surface area contributed by atoms with Crippen LogP contribution in [0.5, 0.6) is 0 Å². The van der Waals surface area contributed by atoms with Crippen molar-refractivity contribution in [3.05, 3.63) is 0 Å². The summed E-state index contributed by atoms with van der Waals surface area (Å²) in [7, 11) is 0. The minimum absolute atomic E-state index is 0.0156. The van der Waals surface area contributed by atoms with E-state index >= 15 is 0 Å². The summed E-state index contributed by atoms with van der Waals surface area (Å²) in [5.41, 5.74) is 16.0. The zero-order valence-corrected chi connectivity index (χ0v) is 15.1. The molecule has 1 radical (unpaired) electrons. The maximum atomic E-state index is 12.3. The number of rotatable bonds is 15. The Bertz CT molecular complexity index is 527. The van der Waals surface area contributed by atoms with Crippen LogP contribution in [0.1, 0.15) is 44.9 Å². The van der Waals surface area contributed by atoms with Crippen LogP contribution < -0.4 is 27.8 Å². The third-order valence-corrected chi connectivity index (χ3v) is 3.72. The molecule has 0 aromatic heterocycles. The summed E-state index contributed by atoms with van der Waals surface area (Å²) in [4.78, 5) is 56.9. The van der Waals surface area contributed by atoms with Crippen molar-refractivity contribution in [1.29, 1.82) is 0 Å². The minimum atomic E-state index is -1.20. The maximum absolute atomic E-state index is 12.3. The Hall–Kier alpha value is -2.53. The molecule has 0 aliphatic rings. The summed E-state index contributed by atoms with van der Waals surface area (Å²) in [5.74, 6) is -3.22. The first-order valence-corrected chi connectivity index (χ1v) is 8.65. The molecule has 11 heteroatoms. The van der Waals surface area contributed by atoms with Crippen LogP contribution >= 0.6 is 0 Å². The Kier molecular flexibility index (Phi) is 12.4. The van der Waals surface area contributed by atoms with E-state index in [2.05, 4.69) is 10.6 Å². The van der Waals surface area contributed by atoms with Crippen LogP contribution in [0, 0.1) is 0 Å². The Labute approximate surface area is 157 Å². The first-order valence-electron chi connectivity index (χ1n) is 8.65. The zero-order valence-electron chi connectivity index (χ0n) is 15.1. The highest BCUT2D eigenvalue weighted by Gasteiger charge is 2.26. The standard InChI is InChI=1S/C16H28N5O6/c17-8-2-1-3-10(9-22)20-16(27)12(5-7-14(24)25)21-15(26)11(18)4-6-13(19)23/h10-12H,1-8,17-18H2,(H2,19,23)(H,20,27)(H,21,26)(H,24,25)/t10-,11-,12-/m0/s1. The Morgan fingerprint density at radius 1 is 0.963 bits per heavy atom. The highest BCUT2D eigenvalue weighted by Crippen LogP contribution is 2.04. The van der Waals surface area contributed by atoms with Crippen LogP contribution in [-0.4, -0.2) is 59.8 Å². The number of carboxylic acid groups (broad SMARTS) is 1. The van der Waals surface area contributed by atoms with Crippen molar-refractivity contribution < 1.29 is 29.1 Å². The average molecular weight is 386 g/mol. The zero-order chi connectivity index (χ0) is 20.8. The van der Waals surface area contributed by atoms with E-state index in [9.17, 15) is 24.0 Å². The predicted octanol–water partition coefficient (Wildman–Crippen LogP) is -2.35. The van der Waals surface area contributed by atoms with Crippen molar-refractivity contribution in [3.8, 4) is 0 Å². The molecule has 0 saturated heterocycles.